The van der Waals surface area contributed by atoms with E-state index in [1.54, 1.807) is 12.1 Å². The highest BCUT2D eigenvalue weighted by Gasteiger charge is 2.14. The van der Waals surface area contributed by atoms with Gasteiger partial charge in [-0.2, -0.15) is 0 Å². The molecule has 3 heteroatoms. The van der Waals surface area contributed by atoms with Crippen LogP contribution in [-0.2, 0) is 6.54 Å². The number of hydrogen-bond acceptors (Lipinski definition) is 3. The Labute approximate surface area is 109 Å². The van der Waals surface area contributed by atoms with Crippen molar-refractivity contribution in [3.8, 4) is 11.5 Å². The number of aromatic hydroxyl groups is 2. The van der Waals surface area contributed by atoms with Crippen LogP contribution in [0, 0.1) is 5.92 Å². The molecule has 2 atom stereocenters. The van der Waals surface area contributed by atoms with Crippen molar-refractivity contribution in [2.24, 2.45) is 5.92 Å². The molecule has 0 bridgehead atoms. The Balaban J connectivity index is 2.55. The van der Waals surface area contributed by atoms with E-state index in [9.17, 15) is 10.2 Å². The van der Waals surface area contributed by atoms with Crippen LogP contribution in [0.1, 0.15) is 32.3 Å². The van der Waals surface area contributed by atoms with Gasteiger partial charge in [-0.15, -0.1) is 6.58 Å². The van der Waals surface area contributed by atoms with Crippen molar-refractivity contribution in [2.45, 2.75) is 39.3 Å². The van der Waals surface area contributed by atoms with Gasteiger partial charge >= 0.3 is 0 Å². The van der Waals surface area contributed by atoms with Gasteiger partial charge in [0, 0.05) is 24.2 Å². The Hall–Kier alpha value is -1.48. The monoisotopic (exact) mass is 249 g/mol. The summed E-state index contributed by atoms with van der Waals surface area (Å²) in [4.78, 5) is 0. The van der Waals surface area contributed by atoms with Gasteiger partial charge < -0.3 is 15.5 Å². The molecule has 0 spiro atoms. The number of phenolic OH excluding ortho intramolecular Hbond substituents is 2. The molecule has 3 nitrogen and oxygen atoms in total. The Bertz CT molecular complexity index is 390. The fourth-order valence-electron chi connectivity index (χ4n) is 2.08. The van der Waals surface area contributed by atoms with E-state index in [2.05, 4.69) is 25.7 Å². The molecule has 18 heavy (non-hydrogen) atoms. The highest BCUT2D eigenvalue weighted by atomic mass is 16.3. The van der Waals surface area contributed by atoms with Crippen LogP contribution in [0.15, 0.2) is 30.9 Å². The summed E-state index contributed by atoms with van der Waals surface area (Å²) in [7, 11) is 0. The third-order valence-corrected chi connectivity index (χ3v) is 3.38. The second-order valence-electron chi connectivity index (χ2n) is 4.68. The zero-order valence-corrected chi connectivity index (χ0v) is 11.2. The van der Waals surface area contributed by atoms with E-state index in [0.717, 1.165) is 18.4 Å². The van der Waals surface area contributed by atoms with Crippen molar-refractivity contribution in [3.05, 3.63) is 36.4 Å². The summed E-state index contributed by atoms with van der Waals surface area (Å²) in [5, 5.41) is 22.3. The Morgan fingerprint density at radius 2 is 2.11 bits per heavy atom. The van der Waals surface area contributed by atoms with Gasteiger partial charge in [-0.1, -0.05) is 25.5 Å². The standard InChI is InChI=1S/C15H23NO2/c1-4-6-12(5-2)11(3)16-10-13-7-8-14(17)9-15(13)18/h4,7-9,11-12,16-18H,1,5-6,10H2,2-3H3. The first kappa shape index (κ1) is 14.6. The average Bonchev–Trinajstić information content (AvgIpc) is 2.34. The minimum Gasteiger partial charge on any atom is -0.508 e. The maximum atomic E-state index is 9.69. The van der Waals surface area contributed by atoms with Gasteiger partial charge in [-0.05, 0) is 25.3 Å². The molecule has 1 aromatic rings. The van der Waals surface area contributed by atoms with E-state index >= 15 is 0 Å². The summed E-state index contributed by atoms with van der Waals surface area (Å²) < 4.78 is 0. The second-order valence-corrected chi connectivity index (χ2v) is 4.68. The number of nitrogens with one attached hydrogen (secondary N) is 1. The quantitative estimate of drug-likeness (QED) is 0.650. The van der Waals surface area contributed by atoms with Gasteiger partial charge in [-0.25, -0.2) is 0 Å². The van der Waals surface area contributed by atoms with Crippen molar-refractivity contribution in [2.75, 3.05) is 0 Å². The van der Waals surface area contributed by atoms with Gasteiger partial charge in [0.15, 0.2) is 0 Å². The molecule has 0 fully saturated rings. The minimum atomic E-state index is 0.0855. The summed E-state index contributed by atoms with van der Waals surface area (Å²) in [5.74, 6) is 0.774. The average molecular weight is 249 g/mol. The largest absolute Gasteiger partial charge is 0.508 e. The van der Waals surface area contributed by atoms with E-state index in [1.165, 1.54) is 6.07 Å². The molecular formula is C15H23NO2. The lowest BCUT2D eigenvalue weighted by molar-refractivity contribution is 0.361. The maximum Gasteiger partial charge on any atom is 0.123 e. The van der Waals surface area contributed by atoms with Crippen molar-refractivity contribution in [3.63, 3.8) is 0 Å². The molecule has 1 rings (SSSR count). The van der Waals surface area contributed by atoms with Crippen LogP contribution >= 0.6 is 0 Å². The molecule has 0 aromatic heterocycles. The minimum absolute atomic E-state index is 0.0855. The molecule has 1 aromatic carbocycles. The highest BCUT2D eigenvalue weighted by molar-refractivity contribution is 5.38. The predicted molar refractivity (Wildman–Crippen MR) is 74.7 cm³/mol. The Morgan fingerprint density at radius 3 is 2.67 bits per heavy atom. The molecule has 100 valence electrons. The van der Waals surface area contributed by atoms with E-state index in [-0.39, 0.29) is 11.5 Å². The van der Waals surface area contributed by atoms with Gasteiger partial charge in [-0.3, -0.25) is 0 Å². The van der Waals surface area contributed by atoms with Crippen molar-refractivity contribution >= 4 is 0 Å². The van der Waals surface area contributed by atoms with Crippen molar-refractivity contribution in [1.29, 1.82) is 0 Å². The normalized spacial score (nSPS) is 14.1. The molecule has 0 saturated heterocycles. The molecule has 0 aliphatic rings. The van der Waals surface area contributed by atoms with Gasteiger partial charge in [0.2, 0.25) is 0 Å². The first-order valence-corrected chi connectivity index (χ1v) is 6.43. The predicted octanol–water partition coefficient (Wildman–Crippen LogP) is 3.18. The van der Waals surface area contributed by atoms with Crippen LogP contribution in [0.5, 0.6) is 11.5 Å². The van der Waals surface area contributed by atoms with E-state index in [4.69, 9.17) is 0 Å². The smallest absolute Gasteiger partial charge is 0.123 e. The second kappa shape index (κ2) is 7.07. The van der Waals surface area contributed by atoms with Crippen LogP contribution in [0.3, 0.4) is 0 Å². The first-order chi connectivity index (χ1) is 8.58. The zero-order valence-electron chi connectivity index (χ0n) is 11.2. The maximum absolute atomic E-state index is 9.69. The summed E-state index contributed by atoms with van der Waals surface area (Å²) in [6, 6.07) is 5.05. The molecule has 3 N–H and O–H groups in total. The first-order valence-electron chi connectivity index (χ1n) is 6.43. The van der Waals surface area contributed by atoms with Crippen LogP contribution in [-0.4, -0.2) is 16.3 Å². The molecule has 0 amide bonds. The molecule has 0 radical (unpaired) electrons. The third-order valence-electron chi connectivity index (χ3n) is 3.38. The zero-order chi connectivity index (χ0) is 13.5. The summed E-state index contributed by atoms with van der Waals surface area (Å²) >= 11 is 0. The molecule has 0 aliphatic carbocycles. The van der Waals surface area contributed by atoms with Gasteiger partial charge in [0.25, 0.3) is 0 Å². The molecule has 0 saturated carbocycles. The Morgan fingerprint density at radius 1 is 1.39 bits per heavy atom. The number of rotatable bonds is 7. The number of hydrogen-bond donors (Lipinski definition) is 3. The highest BCUT2D eigenvalue weighted by Crippen LogP contribution is 2.23. The summed E-state index contributed by atoms with van der Waals surface area (Å²) in [5.41, 5.74) is 0.799. The fourth-order valence-corrected chi connectivity index (χ4v) is 2.08. The van der Waals surface area contributed by atoms with E-state index < -0.39 is 0 Å². The fraction of sp³-hybridized carbons (Fsp3) is 0.467. The Kier molecular flexibility index (Phi) is 5.72. The lowest BCUT2D eigenvalue weighted by atomic mass is 9.94. The summed E-state index contributed by atoms with van der Waals surface area (Å²) in [6.45, 7) is 8.69. The molecule has 2 unspecified atom stereocenters. The number of benzene rings is 1. The van der Waals surface area contributed by atoms with E-state index in [0.29, 0.717) is 18.5 Å². The van der Waals surface area contributed by atoms with Gasteiger partial charge in [0.1, 0.15) is 11.5 Å². The van der Waals surface area contributed by atoms with Crippen LogP contribution < -0.4 is 5.32 Å². The lowest BCUT2D eigenvalue weighted by Crippen LogP contribution is -2.32. The van der Waals surface area contributed by atoms with Crippen LogP contribution in [0.25, 0.3) is 0 Å². The third kappa shape index (κ3) is 4.08. The molecule has 0 heterocycles. The SMILES string of the molecule is C=CCC(CC)C(C)NCc1ccc(O)cc1O. The van der Waals surface area contributed by atoms with Crippen LogP contribution in [0.4, 0.5) is 0 Å². The lowest BCUT2D eigenvalue weighted by Gasteiger charge is -2.23. The molecule has 0 aliphatic heterocycles. The van der Waals surface area contributed by atoms with Crippen LogP contribution in [0.2, 0.25) is 0 Å². The van der Waals surface area contributed by atoms with Gasteiger partial charge in [0.05, 0.1) is 0 Å². The molecular weight excluding hydrogens is 226 g/mol. The van der Waals surface area contributed by atoms with E-state index in [1.807, 2.05) is 6.08 Å². The van der Waals surface area contributed by atoms with Crippen molar-refractivity contribution < 1.29 is 10.2 Å². The summed E-state index contributed by atoms with van der Waals surface area (Å²) in [6.07, 6.45) is 4.04. The topological polar surface area (TPSA) is 52.5 Å². The van der Waals surface area contributed by atoms with Crippen molar-refractivity contribution in [1.82, 2.24) is 5.32 Å². The number of phenols is 2. The number of allylic oxidation sites excluding steroid dienone is 1.